The first-order chi connectivity index (χ1) is 12.5. The highest BCUT2D eigenvalue weighted by Gasteiger charge is 2.27. The molecule has 10 heteroatoms. The van der Waals surface area contributed by atoms with Gasteiger partial charge < -0.3 is 14.6 Å². The highest BCUT2D eigenvalue weighted by molar-refractivity contribution is 9.10. The van der Waals surface area contributed by atoms with Gasteiger partial charge in [0.05, 0.1) is 11.1 Å². The lowest BCUT2D eigenvalue weighted by molar-refractivity contribution is -0.398. The molecule has 1 amide bonds. The summed E-state index contributed by atoms with van der Waals surface area (Å²) in [5.41, 5.74) is 1.59. The molecule has 1 aliphatic heterocycles. The second-order valence-corrected chi connectivity index (χ2v) is 6.11. The molecular weight excluding hydrogens is 410 g/mol. The van der Waals surface area contributed by atoms with Crippen LogP contribution in [0.4, 0.5) is 5.69 Å². The maximum atomic E-state index is 12.1. The molecule has 0 fully saturated rings. The highest BCUT2D eigenvalue weighted by atomic mass is 79.9. The Labute approximate surface area is 155 Å². The van der Waals surface area contributed by atoms with Gasteiger partial charge in [-0.25, -0.2) is 5.43 Å². The van der Waals surface area contributed by atoms with E-state index in [9.17, 15) is 20.0 Å². The van der Waals surface area contributed by atoms with E-state index in [1.807, 2.05) is 0 Å². The van der Waals surface area contributed by atoms with Gasteiger partial charge in [0, 0.05) is 10.5 Å². The number of hydrogen-bond acceptors (Lipinski definition) is 7. The standard InChI is InChI=1S/C16H12BrN3O6/c17-10-5-9(15(21)11(6-10)20(23)24)7-18-19-16(22)14-8-25-12-3-1-2-4-13(12)26-14/h1-7,14,21H,8H2,(H,19,22)/p-1/t14-/m0/s1. The Bertz CT molecular complexity index is 902. The fraction of sp³-hybridized carbons (Fsp3) is 0.125. The fourth-order valence-corrected chi connectivity index (χ4v) is 2.68. The van der Waals surface area contributed by atoms with E-state index in [0.29, 0.717) is 16.0 Å². The van der Waals surface area contributed by atoms with E-state index in [-0.39, 0.29) is 12.2 Å². The number of para-hydroxylation sites is 2. The topological polar surface area (TPSA) is 126 Å². The van der Waals surface area contributed by atoms with Crippen LogP contribution in [0.1, 0.15) is 5.56 Å². The van der Waals surface area contributed by atoms with Crippen molar-refractivity contribution in [3.8, 4) is 17.2 Å². The van der Waals surface area contributed by atoms with Crippen molar-refractivity contribution in [3.63, 3.8) is 0 Å². The third kappa shape index (κ3) is 3.75. The van der Waals surface area contributed by atoms with Crippen molar-refractivity contribution in [1.82, 2.24) is 5.43 Å². The van der Waals surface area contributed by atoms with E-state index in [0.717, 1.165) is 12.3 Å². The van der Waals surface area contributed by atoms with Crippen LogP contribution < -0.4 is 20.0 Å². The molecule has 0 aromatic heterocycles. The molecule has 9 nitrogen and oxygen atoms in total. The molecule has 0 spiro atoms. The summed E-state index contributed by atoms with van der Waals surface area (Å²) < 4.78 is 11.3. The predicted molar refractivity (Wildman–Crippen MR) is 92.3 cm³/mol. The Morgan fingerprint density at radius 2 is 2.08 bits per heavy atom. The Kier molecular flexibility index (Phi) is 5.03. The second kappa shape index (κ2) is 7.40. The zero-order valence-corrected chi connectivity index (χ0v) is 14.6. The molecule has 3 rings (SSSR count). The molecule has 0 aliphatic carbocycles. The predicted octanol–water partition coefficient (Wildman–Crippen LogP) is 1.72. The molecule has 0 saturated heterocycles. The zero-order chi connectivity index (χ0) is 18.7. The summed E-state index contributed by atoms with van der Waals surface area (Å²) in [5, 5.41) is 26.5. The Balaban J connectivity index is 1.68. The average molecular weight is 421 g/mol. The average Bonchev–Trinajstić information content (AvgIpc) is 2.63. The van der Waals surface area contributed by atoms with E-state index in [1.165, 1.54) is 6.07 Å². The van der Waals surface area contributed by atoms with E-state index in [4.69, 9.17) is 9.47 Å². The Morgan fingerprint density at radius 3 is 2.81 bits per heavy atom. The number of hydrazone groups is 1. The van der Waals surface area contributed by atoms with Crippen LogP contribution in [0.5, 0.6) is 17.2 Å². The molecule has 2 aromatic carbocycles. The van der Waals surface area contributed by atoms with Gasteiger partial charge in [0.2, 0.25) is 6.10 Å². The number of carbonyl (C=O) groups excluding carboxylic acids is 1. The number of carbonyl (C=O) groups is 1. The van der Waals surface area contributed by atoms with Crippen molar-refractivity contribution in [1.29, 1.82) is 0 Å². The number of nitro groups is 1. The summed E-state index contributed by atoms with van der Waals surface area (Å²) in [6.45, 7) is 0.00747. The number of fused-ring (bicyclic) bond motifs is 1. The third-order valence-electron chi connectivity index (χ3n) is 3.44. The molecule has 1 heterocycles. The molecule has 1 N–H and O–H groups in total. The first kappa shape index (κ1) is 17.7. The van der Waals surface area contributed by atoms with Gasteiger partial charge in [-0.05, 0) is 29.5 Å². The third-order valence-corrected chi connectivity index (χ3v) is 3.90. The molecular formula is C16H11BrN3O6-. The number of hydrogen-bond donors (Lipinski definition) is 1. The van der Waals surface area contributed by atoms with E-state index in [2.05, 4.69) is 26.5 Å². The largest absolute Gasteiger partial charge is 0.867 e. The van der Waals surface area contributed by atoms with E-state index >= 15 is 0 Å². The smallest absolute Gasteiger partial charge is 0.284 e. The maximum Gasteiger partial charge on any atom is 0.284 e. The number of rotatable bonds is 4. The molecule has 0 saturated carbocycles. The second-order valence-electron chi connectivity index (χ2n) is 5.20. The molecule has 0 radical (unpaired) electrons. The number of nitro benzene ring substituents is 1. The van der Waals surface area contributed by atoms with Gasteiger partial charge in [-0.1, -0.05) is 28.1 Å². The number of ether oxygens (including phenoxy) is 2. The van der Waals surface area contributed by atoms with Gasteiger partial charge in [-0.3, -0.25) is 14.9 Å². The number of halogens is 1. The lowest BCUT2D eigenvalue weighted by Gasteiger charge is -2.24. The summed E-state index contributed by atoms with van der Waals surface area (Å²) in [7, 11) is 0. The summed E-state index contributed by atoms with van der Waals surface area (Å²) in [4.78, 5) is 22.2. The molecule has 0 unspecified atom stereocenters. The molecule has 134 valence electrons. The molecule has 1 atom stereocenters. The SMILES string of the molecule is O=C(NN=Cc1cc(Br)cc([N+](=O)[O-])c1[O-])[C@@H]1COc2ccccc2O1. The van der Waals surface area contributed by atoms with Gasteiger partial charge in [0.15, 0.2) is 11.5 Å². The Hall–Kier alpha value is -3.14. The van der Waals surface area contributed by atoms with Crippen LogP contribution in [-0.2, 0) is 4.79 Å². The molecule has 26 heavy (non-hydrogen) atoms. The quantitative estimate of drug-likeness (QED) is 0.455. The van der Waals surface area contributed by atoms with E-state index in [1.54, 1.807) is 24.3 Å². The van der Waals surface area contributed by atoms with Crippen molar-refractivity contribution >= 4 is 33.7 Å². The van der Waals surface area contributed by atoms with Crippen molar-refractivity contribution in [3.05, 3.63) is 56.5 Å². The number of benzene rings is 2. The fourth-order valence-electron chi connectivity index (χ4n) is 2.22. The van der Waals surface area contributed by atoms with Gasteiger partial charge in [0.25, 0.3) is 11.6 Å². The van der Waals surface area contributed by atoms with Crippen molar-refractivity contribution < 1.29 is 24.3 Å². The van der Waals surface area contributed by atoms with Crippen LogP contribution in [0.2, 0.25) is 0 Å². The van der Waals surface area contributed by atoms with Gasteiger partial charge >= 0.3 is 0 Å². The van der Waals surface area contributed by atoms with Crippen molar-refractivity contribution in [2.24, 2.45) is 5.10 Å². The maximum absolute atomic E-state index is 12.1. The van der Waals surface area contributed by atoms with Crippen LogP contribution in [-0.4, -0.2) is 29.8 Å². The van der Waals surface area contributed by atoms with Crippen LogP contribution in [0.15, 0.2) is 46.0 Å². The van der Waals surface area contributed by atoms with Crippen molar-refractivity contribution in [2.45, 2.75) is 6.10 Å². The molecule has 2 aromatic rings. The normalized spacial score (nSPS) is 15.7. The van der Waals surface area contributed by atoms with Crippen LogP contribution in [0.3, 0.4) is 0 Å². The minimum atomic E-state index is -0.911. The van der Waals surface area contributed by atoms with E-state index < -0.39 is 28.4 Å². The minimum Gasteiger partial charge on any atom is -0.867 e. The van der Waals surface area contributed by atoms with Crippen LogP contribution in [0, 0.1) is 10.1 Å². The number of amides is 1. The van der Waals surface area contributed by atoms with Crippen molar-refractivity contribution in [2.75, 3.05) is 6.61 Å². The highest BCUT2D eigenvalue weighted by Crippen LogP contribution is 2.31. The van der Waals surface area contributed by atoms with Crippen LogP contribution in [0.25, 0.3) is 0 Å². The molecule has 1 aliphatic rings. The minimum absolute atomic E-state index is 0.00747. The van der Waals surface area contributed by atoms with Gasteiger partial charge in [0.1, 0.15) is 6.61 Å². The van der Waals surface area contributed by atoms with Gasteiger partial charge in [-0.2, -0.15) is 5.10 Å². The first-order valence-corrected chi connectivity index (χ1v) is 8.11. The monoisotopic (exact) mass is 420 g/mol. The lowest BCUT2D eigenvalue weighted by atomic mass is 10.2. The Morgan fingerprint density at radius 1 is 1.35 bits per heavy atom. The zero-order valence-electron chi connectivity index (χ0n) is 13.0. The van der Waals surface area contributed by atoms with Gasteiger partial charge in [-0.15, -0.1) is 0 Å². The number of nitrogens with zero attached hydrogens (tertiary/aromatic N) is 2. The lowest BCUT2D eigenvalue weighted by Crippen LogP contribution is -2.42. The summed E-state index contributed by atoms with van der Waals surface area (Å²) in [6.07, 6.45) is 0.126. The molecule has 0 bridgehead atoms. The van der Waals surface area contributed by atoms with Crippen LogP contribution >= 0.6 is 15.9 Å². The summed E-state index contributed by atoms with van der Waals surface area (Å²) in [6, 6.07) is 9.38. The summed E-state index contributed by atoms with van der Waals surface area (Å²) in [5.74, 6) is -0.403. The summed E-state index contributed by atoms with van der Waals surface area (Å²) >= 11 is 3.09. The number of nitrogens with one attached hydrogen (secondary N) is 1. The first-order valence-electron chi connectivity index (χ1n) is 7.32.